The van der Waals surface area contributed by atoms with Crippen LogP contribution in [0.1, 0.15) is 16.8 Å². The molecule has 0 bridgehead atoms. The Morgan fingerprint density at radius 3 is 3.10 bits per heavy atom. The Morgan fingerprint density at radius 2 is 2.35 bits per heavy atom. The summed E-state index contributed by atoms with van der Waals surface area (Å²) in [6.07, 6.45) is -0.883. The molecule has 1 amide bonds. The van der Waals surface area contributed by atoms with E-state index in [2.05, 4.69) is 10.3 Å². The summed E-state index contributed by atoms with van der Waals surface area (Å²) < 4.78 is 15.0. The summed E-state index contributed by atoms with van der Waals surface area (Å²) in [6.45, 7) is -0.192. The summed E-state index contributed by atoms with van der Waals surface area (Å²) in [4.78, 5) is 13.8. The third kappa shape index (κ3) is 2.03. The van der Waals surface area contributed by atoms with E-state index >= 15 is 0 Å². The van der Waals surface area contributed by atoms with Crippen molar-refractivity contribution in [1.29, 1.82) is 0 Å². The highest BCUT2D eigenvalue weighted by molar-refractivity contribution is 5.97. The largest absolute Gasteiger partial charge is 0.394 e. The van der Waals surface area contributed by atoms with Gasteiger partial charge in [-0.1, -0.05) is 5.21 Å². The van der Waals surface area contributed by atoms with Crippen molar-refractivity contribution < 1.29 is 14.3 Å². The molecule has 106 valence electrons. The predicted octanol–water partition coefficient (Wildman–Crippen LogP) is 0.513. The van der Waals surface area contributed by atoms with Crippen molar-refractivity contribution in [3.8, 4) is 0 Å². The monoisotopic (exact) mass is 278 g/mol. The molecule has 2 heterocycles. The number of aliphatic hydroxyl groups excluding tert-OH is 1. The SMILES string of the molecule is Cn1nnc2cc(C(=O)N3C[C@@H](F)C[C@H]3CO)ccc21. The summed E-state index contributed by atoms with van der Waals surface area (Å²) in [5.41, 5.74) is 1.88. The van der Waals surface area contributed by atoms with Gasteiger partial charge in [-0.15, -0.1) is 5.10 Å². The lowest BCUT2D eigenvalue weighted by Gasteiger charge is -2.22. The first-order valence-corrected chi connectivity index (χ1v) is 6.45. The molecule has 0 radical (unpaired) electrons. The van der Waals surface area contributed by atoms with Gasteiger partial charge in [0, 0.05) is 19.0 Å². The van der Waals surface area contributed by atoms with Crippen LogP contribution in [0.3, 0.4) is 0 Å². The molecule has 1 aromatic heterocycles. The fourth-order valence-electron chi connectivity index (χ4n) is 2.62. The highest BCUT2D eigenvalue weighted by Gasteiger charge is 2.35. The number of hydrogen-bond donors (Lipinski definition) is 1. The third-order valence-corrected chi connectivity index (χ3v) is 3.69. The summed E-state index contributed by atoms with van der Waals surface area (Å²) in [7, 11) is 1.77. The van der Waals surface area contributed by atoms with E-state index in [0.29, 0.717) is 11.1 Å². The molecule has 6 nitrogen and oxygen atoms in total. The summed E-state index contributed by atoms with van der Waals surface area (Å²) >= 11 is 0. The number of fused-ring (bicyclic) bond motifs is 1. The maximum absolute atomic E-state index is 13.4. The molecule has 3 rings (SSSR count). The maximum atomic E-state index is 13.4. The molecule has 1 saturated heterocycles. The molecule has 1 aliphatic rings. The maximum Gasteiger partial charge on any atom is 0.254 e. The smallest absolute Gasteiger partial charge is 0.254 e. The van der Waals surface area contributed by atoms with E-state index in [1.165, 1.54) is 4.90 Å². The number of alkyl halides is 1. The van der Waals surface area contributed by atoms with Crippen molar-refractivity contribution in [2.45, 2.75) is 18.6 Å². The minimum Gasteiger partial charge on any atom is -0.394 e. The lowest BCUT2D eigenvalue weighted by atomic mass is 10.1. The minimum absolute atomic E-state index is 0.0303. The zero-order valence-electron chi connectivity index (χ0n) is 11.0. The van der Waals surface area contributed by atoms with Crippen LogP contribution in [0.2, 0.25) is 0 Å². The van der Waals surface area contributed by atoms with Gasteiger partial charge in [0.15, 0.2) is 0 Å². The van der Waals surface area contributed by atoms with Crippen molar-refractivity contribution in [3.05, 3.63) is 23.8 Å². The molecule has 2 atom stereocenters. The lowest BCUT2D eigenvalue weighted by Crippen LogP contribution is -2.37. The molecule has 0 aliphatic carbocycles. The summed E-state index contributed by atoms with van der Waals surface area (Å²) in [6, 6.07) is 4.63. The molecule has 0 spiro atoms. The fourth-order valence-corrected chi connectivity index (χ4v) is 2.62. The average Bonchev–Trinajstić information content (AvgIpc) is 3.01. The highest BCUT2D eigenvalue weighted by atomic mass is 19.1. The normalized spacial score (nSPS) is 22.6. The Labute approximate surface area is 114 Å². The summed E-state index contributed by atoms with van der Waals surface area (Å²) in [5.74, 6) is -0.281. The molecule has 7 heteroatoms. The fraction of sp³-hybridized carbons (Fsp3) is 0.462. The van der Waals surface area contributed by atoms with Crippen molar-refractivity contribution in [1.82, 2.24) is 19.9 Å². The van der Waals surface area contributed by atoms with Gasteiger partial charge in [-0.05, 0) is 18.2 Å². The molecule has 2 aromatic rings. The van der Waals surface area contributed by atoms with Crippen LogP contribution in [-0.4, -0.2) is 56.3 Å². The number of amides is 1. The highest BCUT2D eigenvalue weighted by Crippen LogP contribution is 2.23. The van der Waals surface area contributed by atoms with E-state index in [-0.39, 0.29) is 25.5 Å². The molecule has 1 aromatic carbocycles. The number of nitrogens with zero attached hydrogens (tertiary/aromatic N) is 4. The zero-order chi connectivity index (χ0) is 14.3. The molecule has 20 heavy (non-hydrogen) atoms. The molecule has 0 saturated carbocycles. The predicted molar refractivity (Wildman–Crippen MR) is 69.9 cm³/mol. The molecular formula is C13H15FN4O2. The number of aromatic nitrogens is 3. The van der Waals surface area contributed by atoms with Crippen LogP contribution in [0.15, 0.2) is 18.2 Å². The van der Waals surface area contributed by atoms with Crippen LogP contribution in [0.4, 0.5) is 4.39 Å². The Kier molecular flexibility index (Phi) is 3.13. The number of aliphatic hydroxyl groups is 1. The molecule has 0 unspecified atom stereocenters. The van der Waals surface area contributed by atoms with Gasteiger partial charge in [0.1, 0.15) is 11.7 Å². The summed E-state index contributed by atoms with van der Waals surface area (Å²) in [5, 5.41) is 17.1. The van der Waals surface area contributed by atoms with Gasteiger partial charge in [-0.3, -0.25) is 4.79 Å². The van der Waals surface area contributed by atoms with Crippen LogP contribution in [0, 0.1) is 0 Å². The van der Waals surface area contributed by atoms with Crippen molar-refractivity contribution >= 4 is 16.9 Å². The first kappa shape index (κ1) is 13.0. The van der Waals surface area contributed by atoms with Crippen LogP contribution in [0.25, 0.3) is 11.0 Å². The number of carbonyl (C=O) groups is 1. The van der Waals surface area contributed by atoms with Crippen LogP contribution >= 0.6 is 0 Å². The van der Waals surface area contributed by atoms with Gasteiger partial charge < -0.3 is 10.0 Å². The Bertz CT molecular complexity index is 657. The molecule has 1 fully saturated rings. The lowest BCUT2D eigenvalue weighted by molar-refractivity contribution is 0.0673. The number of halogens is 1. The Balaban J connectivity index is 1.92. The average molecular weight is 278 g/mol. The first-order chi connectivity index (χ1) is 9.60. The standard InChI is InChI=1S/C13H15FN4O2/c1-17-12-3-2-8(4-11(12)15-16-17)13(20)18-6-9(14)5-10(18)7-19/h2-4,9-10,19H,5-7H2,1H3/t9-,10-/m0/s1. The van der Waals surface area contributed by atoms with Crippen molar-refractivity contribution in [2.24, 2.45) is 7.05 Å². The van der Waals surface area contributed by atoms with Gasteiger partial charge >= 0.3 is 0 Å². The number of rotatable bonds is 2. The van der Waals surface area contributed by atoms with Gasteiger partial charge in [-0.2, -0.15) is 0 Å². The quantitative estimate of drug-likeness (QED) is 0.869. The zero-order valence-corrected chi connectivity index (χ0v) is 11.0. The van der Waals surface area contributed by atoms with Gasteiger partial charge in [-0.25, -0.2) is 9.07 Å². The van der Waals surface area contributed by atoms with Crippen molar-refractivity contribution in [3.63, 3.8) is 0 Å². The van der Waals surface area contributed by atoms with E-state index in [4.69, 9.17) is 0 Å². The van der Waals surface area contributed by atoms with Gasteiger partial charge in [0.05, 0.1) is 24.7 Å². The van der Waals surface area contributed by atoms with Crippen LogP contribution < -0.4 is 0 Å². The number of benzene rings is 1. The van der Waals surface area contributed by atoms with E-state index in [9.17, 15) is 14.3 Å². The second-order valence-corrected chi connectivity index (χ2v) is 5.04. The van der Waals surface area contributed by atoms with Gasteiger partial charge in [0.25, 0.3) is 5.91 Å². The second kappa shape index (κ2) is 4.82. The molecule has 1 aliphatic heterocycles. The first-order valence-electron chi connectivity index (χ1n) is 6.45. The number of likely N-dealkylation sites (tertiary alicyclic amines) is 1. The third-order valence-electron chi connectivity index (χ3n) is 3.69. The van der Waals surface area contributed by atoms with E-state index in [1.54, 1.807) is 29.9 Å². The van der Waals surface area contributed by atoms with Crippen molar-refractivity contribution in [2.75, 3.05) is 13.2 Å². The van der Waals surface area contributed by atoms with E-state index < -0.39 is 12.2 Å². The number of carbonyl (C=O) groups excluding carboxylic acids is 1. The molecule has 1 N–H and O–H groups in total. The van der Waals surface area contributed by atoms with E-state index in [1.807, 2.05) is 0 Å². The number of aryl methyl sites for hydroxylation is 1. The number of hydrogen-bond acceptors (Lipinski definition) is 4. The topological polar surface area (TPSA) is 71.2 Å². The Morgan fingerprint density at radius 1 is 1.55 bits per heavy atom. The van der Waals surface area contributed by atoms with Gasteiger partial charge in [0.2, 0.25) is 0 Å². The second-order valence-electron chi connectivity index (χ2n) is 5.04. The van der Waals surface area contributed by atoms with E-state index in [0.717, 1.165) is 5.52 Å². The minimum atomic E-state index is -1.07. The Hall–Kier alpha value is -2.02. The van der Waals surface area contributed by atoms with Crippen LogP contribution in [-0.2, 0) is 7.05 Å². The molecular weight excluding hydrogens is 263 g/mol. The van der Waals surface area contributed by atoms with Crippen LogP contribution in [0.5, 0.6) is 0 Å².